The maximum atomic E-state index is 11.6. The van der Waals surface area contributed by atoms with Crippen LogP contribution in [0.1, 0.15) is 23.4 Å². The third kappa shape index (κ3) is 5.40. The van der Waals surface area contributed by atoms with Crippen LogP contribution in [-0.4, -0.2) is 35.8 Å². The summed E-state index contributed by atoms with van der Waals surface area (Å²) in [6, 6.07) is 16.6. The molecule has 2 aromatic carbocycles. The maximum absolute atomic E-state index is 11.6. The predicted molar refractivity (Wildman–Crippen MR) is 137 cm³/mol. The van der Waals surface area contributed by atoms with Crippen molar-refractivity contribution < 1.29 is 32.2 Å². The number of carbonyl (C=O) groups excluding carboxylic acids is 1. The first-order valence-corrected chi connectivity index (χ1v) is 14.1. The number of unbranched alkanes of at least 4 members (excludes halogenated alkanes) is 1. The van der Waals surface area contributed by atoms with Gasteiger partial charge in [-0.25, -0.2) is 8.42 Å². The van der Waals surface area contributed by atoms with Crippen molar-refractivity contribution in [2.75, 3.05) is 17.2 Å². The van der Waals surface area contributed by atoms with Gasteiger partial charge in [0.05, 0.1) is 33.5 Å². The van der Waals surface area contributed by atoms with Crippen LogP contribution in [0, 0.1) is 11.3 Å². The lowest BCUT2D eigenvalue weighted by atomic mass is 10.2. The van der Waals surface area contributed by atoms with E-state index in [0.717, 1.165) is 16.1 Å². The first-order chi connectivity index (χ1) is 18.2. The van der Waals surface area contributed by atoms with Gasteiger partial charge in [-0.2, -0.15) is 9.83 Å². The van der Waals surface area contributed by atoms with E-state index in [9.17, 15) is 28.1 Å². The number of anilines is 1. The van der Waals surface area contributed by atoms with Gasteiger partial charge in [0.25, 0.3) is 5.01 Å². The van der Waals surface area contributed by atoms with E-state index in [4.69, 9.17) is 4.74 Å². The molecule has 3 heterocycles. The molecule has 0 fully saturated rings. The largest absolute Gasteiger partial charge is 0.748 e. The highest BCUT2D eigenvalue weighted by atomic mass is 32.2. The zero-order valence-electron chi connectivity index (χ0n) is 19.9. The summed E-state index contributed by atoms with van der Waals surface area (Å²) in [5.41, 5.74) is 2.64. The number of ether oxygens (including phenoxy) is 1. The van der Waals surface area contributed by atoms with Crippen molar-refractivity contribution >= 4 is 49.4 Å². The van der Waals surface area contributed by atoms with Gasteiger partial charge in [0.2, 0.25) is 11.4 Å². The molecule has 12 heteroatoms. The average Bonchev–Trinajstić information content (AvgIpc) is 3.59. The molecule has 0 aliphatic carbocycles. The highest BCUT2D eigenvalue weighted by molar-refractivity contribution is 7.85. The summed E-state index contributed by atoms with van der Waals surface area (Å²) >= 11 is 1.34. The molecule has 0 amide bonds. The van der Waals surface area contributed by atoms with E-state index in [0.29, 0.717) is 40.7 Å². The summed E-state index contributed by atoms with van der Waals surface area (Å²) in [6.45, 7) is -0.0481. The van der Waals surface area contributed by atoms with E-state index < -0.39 is 28.4 Å². The van der Waals surface area contributed by atoms with E-state index in [1.165, 1.54) is 11.3 Å². The fourth-order valence-electron chi connectivity index (χ4n) is 4.32. The van der Waals surface area contributed by atoms with Crippen molar-refractivity contribution in [3.8, 4) is 17.5 Å². The van der Waals surface area contributed by atoms with Gasteiger partial charge >= 0.3 is 0 Å². The van der Waals surface area contributed by atoms with Crippen LogP contribution in [0.5, 0.6) is 5.75 Å². The molecule has 0 atom stereocenters. The van der Waals surface area contributed by atoms with Crippen LogP contribution in [0.3, 0.4) is 0 Å². The van der Waals surface area contributed by atoms with E-state index in [-0.39, 0.29) is 6.42 Å². The molecule has 0 saturated carbocycles. The number of carbonyl (C=O) groups is 1. The Morgan fingerprint density at radius 3 is 2.66 bits per heavy atom. The number of carboxylic acids is 1. The molecular weight excluding hydrogens is 528 g/mol. The highest BCUT2D eigenvalue weighted by Gasteiger charge is 2.29. The Morgan fingerprint density at radius 1 is 1.16 bits per heavy atom. The molecule has 0 N–H and O–H groups in total. The zero-order chi connectivity index (χ0) is 26.9. The summed E-state index contributed by atoms with van der Waals surface area (Å²) in [5.74, 6) is -0.726. The molecule has 0 saturated heterocycles. The standard InChI is InChI=1S/C26H22N4O6S2/c27-16-18-5-8-23-21(13-18)30(17-26(31)32)25(37-23)15-24-29(11-3-4-12-38(33,34)35)20-14-19(6-7-22(20)36-24)28-9-1-2-10-28/h1-2,5-10,13-15H,3-4,11-12,17H2,(H-,31,32,33,34,35)/p-1. The van der Waals surface area contributed by atoms with Crippen molar-refractivity contribution in [1.29, 1.82) is 5.26 Å². The van der Waals surface area contributed by atoms with Crippen LogP contribution < -0.4 is 19.3 Å². The predicted octanol–water partition coefficient (Wildman–Crippen LogP) is 2.12. The van der Waals surface area contributed by atoms with Crippen molar-refractivity contribution in [2.45, 2.75) is 19.4 Å². The Bertz CT molecular complexity index is 1700. The third-order valence-electron chi connectivity index (χ3n) is 6.04. The average molecular weight is 550 g/mol. The lowest BCUT2D eigenvalue weighted by Gasteiger charge is -2.19. The number of nitrogens with zero attached hydrogens (tertiary/aromatic N) is 4. The van der Waals surface area contributed by atoms with Gasteiger partial charge < -0.3 is 28.7 Å². The van der Waals surface area contributed by atoms with E-state index in [1.807, 2.05) is 52.2 Å². The third-order valence-corrected chi connectivity index (χ3v) is 7.94. The lowest BCUT2D eigenvalue weighted by molar-refractivity contribution is -0.663. The molecule has 4 aromatic rings. The smallest absolute Gasteiger partial charge is 0.268 e. The number of hydrogen-bond donors (Lipinski definition) is 0. The van der Waals surface area contributed by atoms with Crippen molar-refractivity contribution in [3.63, 3.8) is 0 Å². The molecule has 1 aliphatic heterocycles. The fraction of sp³-hybridized carbons (Fsp3) is 0.192. The van der Waals surface area contributed by atoms with Crippen LogP contribution in [0.4, 0.5) is 5.69 Å². The lowest BCUT2D eigenvalue weighted by Crippen LogP contribution is -2.45. The molecule has 2 aromatic heterocycles. The first kappa shape index (κ1) is 25.5. The number of thiazole rings is 1. The van der Waals surface area contributed by atoms with Gasteiger partial charge in [-0.1, -0.05) is 11.3 Å². The minimum atomic E-state index is -4.32. The van der Waals surface area contributed by atoms with E-state index >= 15 is 0 Å². The Labute approximate surface area is 222 Å². The zero-order valence-corrected chi connectivity index (χ0v) is 21.6. The Hall–Kier alpha value is -4.18. The van der Waals surface area contributed by atoms with Gasteiger partial charge in [-0.05, 0) is 55.3 Å². The highest BCUT2D eigenvalue weighted by Crippen LogP contribution is 2.41. The van der Waals surface area contributed by atoms with Crippen LogP contribution in [0.25, 0.3) is 22.0 Å². The molecule has 38 heavy (non-hydrogen) atoms. The van der Waals surface area contributed by atoms with E-state index in [1.54, 1.807) is 28.8 Å². The van der Waals surface area contributed by atoms with Crippen molar-refractivity contribution in [2.24, 2.45) is 0 Å². The van der Waals surface area contributed by atoms with Gasteiger partial charge in [-0.15, -0.1) is 0 Å². The summed E-state index contributed by atoms with van der Waals surface area (Å²) in [5, 5.41) is 21.4. The second-order valence-corrected chi connectivity index (χ2v) is 11.2. The Kier molecular flexibility index (Phi) is 6.90. The van der Waals surface area contributed by atoms with E-state index in [2.05, 4.69) is 6.07 Å². The molecule has 0 bridgehead atoms. The summed E-state index contributed by atoms with van der Waals surface area (Å²) in [6.07, 6.45) is 6.14. The van der Waals surface area contributed by atoms with Crippen molar-refractivity contribution in [1.82, 2.24) is 4.57 Å². The number of aliphatic carboxylic acids is 1. The summed E-state index contributed by atoms with van der Waals surface area (Å²) < 4.78 is 43.7. The monoisotopic (exact) mass is 549 g/mol. The summed E-state index contributed by atoms with van der Waals surface area (Å²) in [4.78, 5) is 13.5. The SMILES string of the molecule is N#Cc1ccc2sc(C=C3Oc4ccc(-n5cccc5)cc4N3CCCCS(=O)(=O)[O-])[n+](CC(=O)[O-])c2c1. The maximum Gasteiger partial charge on any atom is 0.268 e. The normalized spacial score (nSPS) is 14.0. The number of fused-ring (bicyclic) bond motifs is 2. The summed E-state index contributed by atoms with van der Waals surface area (Å²) in [7, 11) is -4.32. The fourth-order valence-corrected chi connectivity index (χ4v) is 5.94. The topological polar surface area (TPSA) is 142 Å². The first-order valence-electron chi connectivity index (χ1n) is 11.7. The number of aromatic nitrogens is 2. The van der Waals surface area contributed by atoms with Crippen LogP contribution in [0.15, 0.2) is 66.8 Å². The molecule has 5 rings (SSSR count). The van der Waals surface area contributed by atoms with Crippen LogP contribution >= 0.6 is 11.3 Å². The molecule has 0 unspecified atom stereocenters. The van der Waals surface area contributed by atoms with Crippen molar-refractivity contribution in [3.05, 3.63) is 77.4 Å². The number of rotatable bonds is 9. The molecular formula is C26H21N4O6S2-. The minimum Gasteiger partial charge on any atom is -0.748 e. The van der Waals surface area contributed by atoms with Crippen LogP contribution in [0.2, 0.25) is 0 Å². The van der Waals surface area contributed by atoms with Gasteiger partial charge in [0.15, 0.2) is 12.3 Å². The number of hydrogen-bond acceptors (Lipinski definition) is 9. The molecule has 10 nitrogen and oxygen atoms in total. The quantitative estimate of drug-likeness (QED) is 0.176. The van der Waals surface area contributed by atoms with Gasteiger partial charge in [0.1, 0.15) is 10.7 Å². The molecule has 0 spiro atoms. The molecule has 194 valence electrons. The second-order valence-electron chi connectivity index (χ2n) is 8.64. The van der Waals surface area contributed by atoms with Crippen LogP contribution in [-0.2, 0) is 21.5 Å². The number of nitriles is 1. The minimum absolute atomic E-state index is 0.187. The van der Waals surface area contributed by atoms with Gasteiger partial charge in [-0.3, -0.25) is 0 Å². The Morgan fingerprint density at radius 2 is 1.95 bits per heavy atom. The second kappa shape index (κ2) is 10.3. The van der Waals surface area contributed by atoms with Gasteiger partial charge in [0, 0.05) is 36.4 Å². The molecule has 1 aliphatic rings. The number of benzene rings is 2. The molecule has 0 radical (unpaired) electrons. The number of carboxylic acid groups (broad SMARTS) is 1. The Balaban J connectivity index is 1.55.